The van der Waals surface area contributed by atoms with Crippen LogP contribution in [-0.2, 0) is 26.6 Å². The summed E-state index contributed by atoms with van der Waals surface area (Å²) in [6, 6.07) is 11.5. The molecule has 0 fully saturated rings. The van der Waals surface area contributed by atoms with Gasteiger partial charge in [0.15, 0.2) is 0 Å². The van der Waals surface area contributed by atoms with Crippen LogP contribution in [0.3, 0.4) is 0 Å². The molecule has 3 atom stereocenters. The van der Waals surface area contributed by atoms with Crippen LogP contribution in [0.25, 0.3) is 0 Å². The van der Waals surface area contributed by atoms with E-state index in [1.165, 1.54) is 10.8 Å². The van der Waals surface area contributed by atoms with E-state index in [-0.39, 0.29) is 5.54 Å². The molecule has 3 unspecified atom stereocenters. The Hall–Kier alpha value is -0.672. The van der Waals surface area contributed by atoms with Crippen LogP contribution >= 0.6 is 0 Å². The predicted octanol–water partition coefficient (Wildman–Crippen LogP) is 6.72. The maximum atomic E-state index is 6.65. The lowest BCUT2D eigenvalue weighted by Gasteiger charge is -2.38. The summed E-state index contributed by atoms with van der Waals surface area (Å²) in [7, 11) is -9.52. The molecule has 0 saturated carbocycles. The molecular formula is C29H54O6Si4. The van der Waals surface area contributed by atoms with E-state index >= 15 is 0 Å². The first kappa shape index (κ1) is 34.5. The summed E-state index contributed by atoms with van der Waals surface area (Å²) < 4.78 is 39.0. The molecule has 0 aliphatic heterocycles. The highest BCUT2D eigenvalue weighted by atomic mass is 28.4. The minimum Gasteiger partial charge on any atom is -0.417 e. The van der Waals surface area contributed by atoms with E-state index in [1.807, 2.05) is 0 Å². The van der Waals surface area contributed by atoms with Crippen LogP contribution in [0.4, 0.5) is 0 Å². The maximum Gasteiger partial charge on any atom is 0.342 e. The Morgan fingerprint density at radius 3 is 1.69 bits per heavy atom. The zero-order valence-corrected chi connectivity index (χ0v) is 30.0. The molecule has 0 spiro atoms. The van der Waals surface area contributed by atoms with Gasteiger partial charge in [-0.2, -0.15) is 0 Å². The molecule has 0 N–H and O–H groups in total. The molecule has 0 aromatic heterocycles. The highest BCUT2D eigenvalue weighted by Crippen LogP contribution is 2.41. The highest BCUT2D eigenvalue weighted by Gasteiger charge is 2.50. The fourth-order valence-electron chi connectivity index (χ4n) is 6.06. The second kappa shape index (κ2) is 16.1. The Balaban J connectivity index is 2.40. The molecule has 2 rings (SSSR count). The highest BCUT2D eigenvalue weighted by molar-refractivity contribution is 6.96. The number of allylic oxidation sites excluding steroid dienone is 4. The minimum absolute atomic E-state index is 0.264. The monoisotopic (exact) mass is 610 g/mol. The molecular weight excluding hydrogens is 557 g/mol. The summed E-state index contributed by atoms with van der Waals surface area (Å²) >= 11 is 0. The third kappa shape index (κ3) is 9.69. The Labute approximate surface area is 242 Å². The molecule has 0 saturated heterocycles. The first-order chi connectivity index (χ1) is 18.6. The molecule has 1 aromatic carbocycles. The fraction of sp³-hybridized carbons (Fsp3) is 0.655. The Morgan fingerprint density at radius 2 is 1.18 bits per heavy atom. The van der Waals surface area contributed by atoms with E-state index in [9.17, 15) is 0 Å². The normalized spacial score (nSPS) is 19.1. The van der Waals surface area contributed by atoms with Crippen molar-refractivity contribution in [2.45, 2.75) is 84.1 Å². The summed E-state index contributed by atoms with van der Waals surface area (Å²) in [5.74, 6) is 0. The Bertz CT molecular complexity index is 902. The maximum absolute atomic E-state index is 6.65. The molecule has 0 radical (unpaired) electrons. The van der Waals surface area contributed by atoms with E-state index in [2.05, 4.69) is 110 Å². The van der Waals surface area contributed by atoms with Gasteiger partial charge in [0.25, 0.3) is 0 Å². The summed E-state index contributed by atoms with van der Waals surface area (Å²) in [4.78, 5) is 0. The molecule has 10 heteroatoms. The molecule has 39 heavy (non-hydrogen) atoms. The van der Waals surface area contributed by atoms with Gasteiger partial charge < -0.3 is 26.6 Å². The number of hydrogen-bond donors (Lipinski definition) is 0. The van der Waals surface area contributed by atoms with Gasteiger partial charge in [0.2, 0.25) is 16.6 Å². The molecule has 1 aliphatic rings. The Kier molecular flexibility index (Phi) is 14.2. The average molecular weight is 611 g/mol. The van der Waals surface area contributed by atoms with Crippen molar-refractivity contribution in [3.8, 4) is 0 Å². The van der Waals surface area contributed by atoms with Crippen molar-refractivity contribution < 1.29 is 26.6 Å². The van der Waals surface area contributed by atoms with Crippen molar-refractivity contribution in [3.05, 3.63) is 54.1 Å². The van der Waals surface area contributed by atoms with Crippen LogP contribution in [0.5, 0.6) is 0 Å². The lowest BCUT2D eigenvalue weighted by atomic mass is 10.3. The van der Waals surface area contributed by atoms with Crippen molar-refractivity contribution in [1.29, 1.82) is 0 Å². The van der Waals surface area contributed by atoms with Crippen molar-refractivity contribution >= 4 is 38.9 Å². The van der Waals surface area contributed by atoms with Gasteiger partial charge in [-0.05, 0) is 66.4 Å². The van der Waals surface area contributed by atoms with Crippen molar-refractivity contribution in [2.24, 2.45) is 0 Å². The first-order valence-corrected chi connectivity index (χ1v) is 24.9. The zero-order chi connectivity index (χ0) is 29.0. The molecule has 222 valence electrons. The number of rotatable bonds is 20. The largest absolute Gasteiger partial charge is 0.417 e. The van der Waals surface area contributed by atoms with Crippen LogP contribution in [0.2, 0.25) is 42.6 Å². The zero-order valence-electron chi connectivity index (χ0n) is 26.0. The fourth-order valence-corrected chi connectivity index (χ4v) is 27.1. The standard InChI is InChI=1S/C29H54O6Si4/c1-10-30-36(7,25-38(9,32-12-3)33-13-4)29-22-21-27(23-29)24-39(34-14-5,35-15-6)26-37(8,31-11-2)28-19-17-16-18-20-28/h16-23,29H,10-15,24-26H2,1-9H3. The lowest BCUT2D eigenvalue weighted by molar-refractivity contribution is 0.186. The van der Waals surface area contributed by atoms with E-state index in [0.717, 1.165) is 17.4 Å². The van der Waals surface area contributed by atoms with Crippen LogP contribution in [-0.4, -0.2) is 73.4 Å². The van der Waals surface area contributed by atoms with Gasteiger partial charge in [0, 0.05) is 62.6 Å². The first-order valence-electron chi connectivity index (χ1n) is 14.8. The molecule has 0 bridgehead atoms. The van der Waals surface area contributed by atoms with Crippen molar-refractivity contribution in [2.75, 3.05) is 39.6 Å². The van der Waals surface area contributed by atoms with Gasteiger partial charge in [0.1, 0.15) is 0 Å². The summed E-state index contributed by atoms with van der Waals surface area (Å²) in [5, 5.41) is 1.30. The SMILES string of the molecule is CCO[Si](C)(C[Si](C)(OCC)C1C=CC(C[Si](C[Si](C)(OCC)c2ccccc2)(OCC)OCC)=C1)OCC. The lowest BCUT2D eigenvalue weighted by Crippen LogP contribution is -2.58. The third-order valence-electron chi connectivity index (χ3n) is 7.40. The Morgan fingerprint density at radius 1 is 0.641 bits per heavy atom. The summed E-state index contributed by atoms with van der Waals surface area (Å²) in [6.45, 7) is 23.3. The third-order valence-corrected chi connectivity index (χ3v) is 27.2. The van der Waals surface area contributed by atoms with Crippen LogP contribution in [0.1, 0.15) is 41.5 Å². The predicted molar refractivity (Wildman–Crippen MR) is 172 cm³/mol. The minimum atomic E-state index is -2.64. The topological polar surface area (TPSA) is 55.4 Å². The van der Waals surface area contributed by atoms with Gasteiger partial charge in [-0.15, -0.1) is 0 Å². The van der Waals surface area contributed by atoms with Gasteiger partial charge in [-0.25, -0.2) is 0 Å². The number of benzene rings is 1. The molecule has 1 aromatic rings. The van der Waals surface area contributed by atoms with Gasteiger partial charge in [0.05, 0.1) is 0 Å². The van der Waals surface area contributed by atoms with E-state index in [0.29, 0.717) is 39.6 Å². The van der Waals surface area contributed by atoms with Gasteiger partial charge in [-0.1, -0.05) is 54.1 Å². The van der Waals surface area contributed by atoms with Crippen LogP contribution in [0, 0.1) is 0 Å². The van der Waals surface area contributed by atoms with Crippen molar-refractivity contribution in [1.82, 2.24) is 0 Å². The second-order valence-corrected chi connectivity index (χ2v) is 26.0. The average Bonchev–Trinajstić information content (AvgIpc) is 3.34. The smallest absolute Gasteiger partial charge is 0.342 e. The van der Waals surface area contributed by atoms with Crippen LogP contribution < -0.4 is 5.19 Å². The van der Waals surface area contributed by atoms with Gasteiger partial charge >= 0.3 is 17.1 Å². The quantitative estimate of drug-likeness (QED) is 0.153. The van der Waals surface area contributed by atoms with E-state index < -0.39 is 33.8 Å². The molecule has 0 heterocycles. The van der Waals surface area contributed by atoms with E-state index in [1.54, 1.807) is 0 Å². The summed E-state index contributed by atoms with van der Waals surface area (Å²) in [5.41, 5.74) is 3.32. The second-order valence-electron chi connectivity index (χ2n) is 10.7. The van der Waals surface area contributed by atoms with Crippen LogP contribution in [0.15, 0.2) is 54.1 Å². The number of hydrogen-bond acceptors (Lipinski definition) is 6. The molecule has 1 aliphatic carbocycles. The van der Waals surface area contributed by atoms with Crippen molar-refractivity contribution in [3.63, 3.8) is 0 Å². The molecule has 0 amide bonds. The van der Waals surface area contributed by atoms with E-state index in [4.69, 9.17) is 26.6 Å². The van der Waals surface area contributed by atoms with Gasteiger partial charge in [-0.3, -0.25) is 0 Å². The summed E-state index contributed by atoms with van der Waals surface area (Å²) in [6.07, 6.45) is 7.06. The molecule has 6 nitrogen and oxygen atoms in total.